The molecule has 10 rings (SSSR count). The van der Waals surface area contributed by atoms with E-state index in [1.165, 1.54) is 16.7 Å². The molecule has 7 aromatic carbocycles. The third-order valence-electron chi connectivity index (χ3n) is 10.8. The van der Waals surface area contributed by atoms with Crippen molar-refractivity contribution in [2.24, 2.45) is 0 Å². The number of nitrogens with zero attached hydrogens (tertiary/aromatic N) is 3. The quantitative estimate of drug-likeness (QED) is 0.178. The average molecular weight is 708 g/mol. The predicted molar refractivity (Wildman–Crippen MR) is 218 cm³/mol. The normalized spacial score (nSPS) is 13.0. The molecule has 0 bridgehead atoms. The second-order valence-corrected chi connectivity index (χ2v) is 14.5. The van der Waals surface area contributed by atoms with E-state index >= 15 is 0 Å². The summed E-state index contributed by atoms with van der Waals surface area (Å²) >= 11 is 0. The Morgan fingerprint density at radius 2 is 1.11 bits per heavy atom. The van der Waals surface area contributed by atoms with Crippen LogP contribution in [0.1, 0.15) is 30.5 Å². The van der Waals surface area contributed by atoms with Gasteiger partial charge in [-0.25, -0.2) is 9.97 Å². The van der Waals surface area contributed by atoms with Crippen molar-refractivity contribution in [3.8, 4) is 96.4 Å². The van der Waals surface area contributed by atoms with Gasteiger partial charge in [-0.2, -0.15) is 5.26 Å². The highest BCUT2D eigenvalue weighted by Gasteiger charge is 2.39. The molecule has 8 aromatic rings. The zero-order valence-corrected chi connectivity index (χ0v) is 30.2. The van der Waals surface area contributed by atoms with Gasteiger partial charge in [0.05, 0.1) is 23.0 Å². The zero-order chi connectivity index (χ0) is 37.1. The Hall–Kier alpha value is -7.29. The minimum atomic E-state index is -0.129. The average Bonchev–Trinajstić information content (AvgIpc) is 3.49. The highest BCUT2D eigenvalue weighted by Crippen LogP contribution is 2.58. The van der Waals surface area contributed by atoms with Gasteiger partial charge in [0.1, 0.15) is 0 Å². The Balaban J connectivity index is 0.993. The molecule has 1 aliphatic heterocycles. The van der Waals surface area contributed by atoms with Crippen molar-refractivity contribution in [3.05, 3.63) is 180 Å². The number of fused-ring (bicyclic) bond motifs is 6. The van der Waals surface area contributed by atoms with Crippen LogP contribution in [0.15, 0.2) is 164 Å². The first kappa shape index (κ1) is 32.4. The van der Waals surface area contributed by atoms with Crippen LogP contribution in [-0.2, 0) is 5.41 Å². The fourth-order valence-electron chi connectivity index (χ4n) is 7.92. The lowest BCUT2D eigenvalue weighted by Crippen LogP contribution is -2.15. The van der Waals surface area contributed by atoms with Crippen LogP contribution in [0, 0.1) is 11.3 Å². The van der Waals surface area contributed by atoms with Gasteiger partial charge in [-0.3, -0.25) is 0 Å². The van der Waals surface area contributed by atoms with Gasteiger partial charge in [0, 0.05) is 27.7 Å². The lowest BCUT2D eigenvalue weighted by atomic mass is 9.82. The molecule has 0 saturated heterocycles. The highest BCUT2D eigenvalue weighted by atomic mass is 16.6. The van der Waals surface area contributed by atoms with Gasteiger partial charge < -0.3 is 9.47 Å². The van der Waals surface area contributed by atoms with Gasteiger partial charge in [0.25, 0.3) is 0 Å². The van der Waals surface area contributed by atoms with Crippen molar-refractivity contribution < 1.29 is 9.47 Å². The summed E-state index contributed by atoms with van der Waals surface area (Å²) in [6.07, 6.45) is 0. The number of rotatable bonds is 5. The summed E-state index contributed by atoms with van der Waals surface area (Å²) in [6.45, 7) is 4.54. The topological polar surface area (TPSA) is 68.0 Å². The number of aromatic nitrogens is 2. The van der Waals surface area contributed by atoms with E-state index in [9.17, 15) is 5.26 Å². The first-order chi connectivity index (χ1) is 26.9. The monoisotopic (exact) mass is 707 g/mol. The van der Waals surface area contributed by atoms with Crippen LogP contribution in [-0.4, -0.2) is 9.97 Å². The first-order valence-electron chi connectivity index (χ1n) is 18.4. The second-order valence-electron chi connectivity index (χ2n) is 14.5. The third-order valence-corrected chi connectivity index (χ3v) is 10.8. The van der Waals surface area contributed by atoms with Crippen LogP contribution in [0.25, 0.3) is 67.3 Å². The van der Waals surface area contributed by atoms with E-state index in [-0.39, 0.29) is 5.41 Å². The van der Waals surface area contributed by atoms with Gasteiger partial charge in [-0.1, -0.05) is 135 Å². The summed E-state index contributed by atoms with van der Waals surface area (Å²) < 4.78 is 13.2. The van der Waals surface area contributed by atoms with Crippen LogP contribution in [0.2, 0.25) is 0 Å². The maximum atomic E-state index is 9.47. The fraction of sp³-hybridized carbons (Fsp3) is 0.0600. The van der Waals surface area contributed by atoms with Crippen LogP contribution in [0.4, 0.5) is 0 Å². The van der Waals surface area contributed by atoms with Gasteiger partial charge in [-0.05, 0) is 81.4 Å². The molecular formula is C50H33N3O2. The molecular weight excluding hydrogens is 675 g/mol. The number of ether oxygens (including phenoxy) is 2. The molecule has 0 radical (unpaired) electrons. The van der Waals surface area contributed by atoms with E-state index in [0.29, 0.717) is 22.9 Å². The molecule has 0 N–H and O–H groups in total. The number of hydrogen-bond acceptors (Lipinski definition) is 5. The minimum Gasteiger partial charge on any atom is -0.449 e. The fourth-order valence-corrected chi connectivity index (χ4v) is 7.92. The third kappa shape index (κ3) is 5.55. The standard InChI is InChI=1S/C50H33N3O2/c1-50(2)40-17-7-6-16-39(40)47-41(50)23-25-45-48(47)55-46-28-37(22-24-44(46)54-45)32-18-20-33(21-19-32)42-29-43(53-49(52-42)34-11-4-3-5-12-34)38-15-9-14-36(27-38)35-13-8-10-31(26-35)30-51/h3-29H,1-2H3. The van der Waals surface area contributed by atoms with Gasteiger partial charge >= 0.3 is 0 Å². The van der Waals surface area contributed by atoms with Crippen LogP contribution < -0.4 is 9.47 Å². The smallest absolute Gasteiger partial charge is 0.178 e. The lowest BCUT2D eigenvalue weighted by molar-refractivity contribution is 0.360. The van der Waals surface area contributed by atoms with E-state index < -0.39 is 0 Å². The SMILES string of the molecule is CC1(C)c2ccccc2-c2c1ccc1c2Oc2cc(-c3ccc(-c4cc(-c5cccc(-c6cccc(C#N)c6)c5)nc(-c5ccccc5)n4)cc3)ccc2O1. The molecule has 260 valence electrons. The van der Waals surface area contributed by atoms with Crippen molar-refractivity contribution in [2.45, 2.75) is 19.3 Å². The minimum absolute atomic E-state index is 0.129. The summed E-state index contributed by atoms with van der Waals surface area (Å²) in [5, 5.41) is 9.47. The van der Waals surface area contributed by atoms with E-state index in [0.717, 1.165) is 67.4 Å². The van der Waals surface area contributed by atoms with Crippen molar-refractivity contribution in [3.63, 3.8) is 0 Å². The summed E-state index contributed by atoms with van der Waals surface area (Å²) in [7, 11) is 0. The van der Waals surface area contributed by atoms with Crippen molar-refractivity contribution in [1.82, 2.24) is 9.97 Å². The molecule has 5 nitrogen and oxygen atoms in total. The Morgan fingerprint density at radius 1 is 0.473 bits per heavy atom. The van der Waals surface area contributed by atoms with Crippen molar-refractivity contribution >= 4 is 0 Å². The van der Waals surface area contributed by atoms with Crippen LogP contribution in [0.3, 0.4) is 0 Å². The Labute approximate surface area is 319 Å². The molecule has 0 atom stereocenters. The molecule has 55 heavy (non-hydrogen) atoms. The first-order valence-corrected chi connectivity index (χ1v) is 18.4. The number of hydrogen-bond donors (Lipinski definition) is 0. The molecule has 0 saturated carbocycles. The van der Waals surface area contributed by atoms with Gasteiger partial charge in [0.15, 0.2) is 28.8 Å². The maximum Gasteiger partial charge on any atom is 0.178 e. The summed E-state index contributed by atoms with van der Waals surface area (Å²) in [5.41, 5.74) is 13.9. The number of nitriles is 1. The largest absolute Gasteiger partial charge is 0.449 e. The Morgan fingerprint density at radius 3 is 1.93 bits per heavy atom. The van der Waals surface area contributed by atoms with E-state index in [1.807, 2.05) is 78.9 Å². The van der Waals surface area contributed by atoms with Crippen molar-refractivity contribution in [1.29, 1.82) is 5.26 Å². The Bertz CT molecular complexity index is 2850. The lowest BCUT2D eigenvalue weighted by Gasteiger charge is -2.25. The summed E-state index contributed by atoms with van der Waals surface area (Å²) in [5.74, 6) is 3.54. The van der Waals surface area contributed by atoms with E-state index in [2.05, 4.69) is 105 Å². The molecule has 0 amide bonds. The maximum absolute atomic E-state index is 9.47. The molecule has 0 unspecified atom stereocenters. The highest BCUT2D eigenvalue weighted by molar-refractivity contribution is 5.88. The molecule has 2 heterocycles. The van der Waals surface area contributed by atoms with Crippen LogP contribution in [0.5, 0.6) is 23.0 Å². The summed E-state index contributed by atoms with van der Waals surface area (Å²) in [4.78, 5) is 10.1. The molecule has 0 spiro atoms. The molecule has 5 heteroatoms. The molecule has 1 aliphatic carbocycles. The zero-order valence-electron chi connectivity index (χ0n) is 30.2. The van der Waals surface area contributed by atoms with Crippen molar-refractivity contribution in [2.75, 3.05) is 0 Å². The number of benzene rings is 7. The predicted octanol–water partition coefficient (Wildman–Crippen LogP) is 12.9. The molecule has 2 aliphatic rings. The van der Waals surface area contributed by atoms with Gasteiger partial charge in [-0.15, -0.1) is 0 Å². The summed E-state index contributed by atoms with van der Waals surface area (Å²) in [6, 6.07) is 57.7. The Kier molecular flexibility index (Phi) is 7.47. The van der Waals surface area contributed by atoms with E-state index in [1.54, 1.807) is 0 Å². The van der Waals surface area contributed by atoms with Crippen LogP contribution >= 0.6 is 0 Å². The van der Waals surface area contributed by atoms with Gasteiger partial charge in [0.2, 0.25) is 0 Å². The molecule has 1 aromatic heterocycles. The second kappa shape index (κ2) is 12.7. The molecule has 0 fully saturated rings. The van der Waals surface area contributed by atoms with E-state index in [4.69, 9.17) is 19.4 Å².